The predicted octanol–water partition coefficient (Wildman–Crippen LogP) is 1.35. The first-order valence-electron chi connectivity index (χ1n) is 7.78. The highest BCUT2D eigenvalue weighted by atomic mass is 32.2. The van der Waals surface area contributed by atoms with E-state index in [1.807, 2.05) is 6.92 Å². The first-order chi connectivity index (χ1) is 10.6. The van der Waals surface area contributed by atoms with Crippen molar-refractivity contribution in [1.29, 1.82) is 0 Å². The molecule has 3 rings (SSSR count). The molecule has 1 aromatic rings. The van der Waals surface area contributed by atoms with Crippen LogP contribution in [0, 0.1) is 0 Å². The molecule has 1 fully saturated rings. The summed E-state index contributed by atoms with van der Waals surface area (Å²) in [6.07, 6.45) is 4.43. The van der Waals surface area contributed by atoms with Crippen LogP contribution < -0.4 is 5.32 Å². The monoisotopic (exact) mass is 323 g/mol. The first-order valence-corrected chi connectivity index (χ1v) is 8.77. The lowest BCUT2D eigenvalue weighted by Gasteiger charge is -2.18. The van der Waals surface area contributed by atoms with Crippen molar-refractivity contribution in [2.45, 2.75) is 45.2 Å². The van der Waals surface area contributed by atoms with Crippen molar-refractivity contribution < 1.29 is 9.59 Å². The van der Waals surface area contributed by atoms with Crippen LogP contribution in [0.25, 0.3) is 0 Å². The quantitative estimate of drug-likeness (QED) is 0.905. The summed E-state index contributed by atoms with van der Waals surface area (Å²) in [6, 6.07) is -0.197. The molecule has 0 aromatic carbocycles. The normalized spacial score (nSPS) is 19.7. The molecular formula is C14H21N5O2S. The molecule has 0 radical (unpaired) electrons. The summed E-state index contributed by atoms with van der Waals surface area (Å²) in [5.41, 5.74) is 0. The molecule has 1 saturated heterocycles. The number of hydrogen-bond acceptors (Lipinski definition) is 5. The fourth-order valence-corrected chi connectivity index (χ4v) is 3.75. The van der Waals surface area contributed by atoms with E-state index < -0.39 is 0 Å². The minimum Gasteiger partial charge on any atom is -0.345 e. The van der Waals surface area contributed by atoms with E-state index in [9.17, 15) is 9.59 Å². The van der Waals surface area contributed by atoms with Crippen molar-refractivity contribution in [3.8, 4) is 0 Å². The molecule has 8 heteroatoms. The van der Waals surface area contributed by atoms with Crippen LogP contribution in [0.1, 0.15) is 43.9 Å². The molecular weight excluding hydrogens is 302 g/mol. The minimum absolute atomic E-state index is 0.0147. The van der Waals surface area contributed by atoms with Gasteiger partial charge in [-0.05, 0) is 19.8 Å². The van der Waals surface area contributed by atoms with E-state index in [-0.39, 0.29) is 23.7 Å². The van der Waals surface area contributed by atoms with Crippen LogP contribution in [0.3, 0.4) is 0 Å². The summed E-state index contributed by atoms with van der Waals surface area (Å²) in [5.74, 6) is 2.45. The van der Waals surface area contributed by atoms with Crippen LogP contribution in [-0.2, 0) is 17.8 Å². The van der Waals surface area contributed by atoms with Crippen LogP contribution in [-0.4, -0.2) is 49.7 Å². The number of thioether (sulfide) groups is 1. The van der Waals surface area contributed by atoms with Crippen molar-refractivity contribution in [2.24, 2.45) is 0 Å². The number of aromatic nitrogens is 3. The lowest BCUT2D eigenvalue weighted by Crippen LogP contribution is -2.39. The molecule has 22 heavy (non-hydrogen) atoms. The highest BCUT2D eigenvalue weighted by Gasteiger charge is 2.25. The van der Waals surface area contributed by atoms with Gasteiger partial charge in [0.15, 0.2) is 5.82 Å². The van der Waals surface area contributed by atoms with Crippen molar-refractivity contribution in [1.82, 2.24) is 25.0 Å². The number of nitrogens with one attached hydrogen (secondary N) is 1. The highest BCUT2D eigenvalue weighted by Crippen LogP contribution is 2.19. The molecule has 1 atom stereocenters. The molecule has 1 aromatic heterocycles. The standard InChI is InChI=1S/C14H21N5O2S/c1-10(15-12(20)9-18-7-8-22-14(18)21)13-17-16-11-5-3-2-4-6-19(11)13/h10H,2-9H2,1H3,(H,15,20)/t10-/m0/s1. The maximum absolute atomic E-state index is 12.1. The summed E-state index contributed by atoms with van der Waals surface area (Å²) in [4.78, 5) is 25.2. The second-order valence-electron chi connectivity index (χ2n) is 5.76. The summed E-state index contributed by atoms with van der Waals surface area (Å²) in [7, 11) is 0. The SMILES string of the molecule is C[C@H](NC(=O)CN1CCSC1=O)c1nnc2n1CCCCC2. The van der Waals surface area contributed by atoms with Gasteiger partial charge >= 0.3 is 0 Å². The van der Waals surface area contributed by atoms with E-state index in [1.54, 1.807) is 4.90 Å². The zero-order valence-corrected chi connectivity index (χ0v) is 13.6. The van der Waals surface area contributed by atoms with Gasteiger partial charge in [0, 0.05) is 25.3 Å². The average Bonchev–Trinajstić information content (AvgIpc) is 2.99. The Bertz CT molecular complexity index is 574. The summed E-state index contributed by atoms with van der Waals surface area (Å²) >= 11 is 1.27. The molecule has 2 amide bonds. The Balaban J connectivity index is 1.62. The number of carbonyl (C=O) groups excluding carboxylic acids is 2. The minimum atomic E-state index is -0.197. The lowest BCUT2D eigenvalue weighted by molar-refractivity contribution is -0.122. The van der Waals surface area contributed by atoms with Gasteiger partial charge in [0.05, 0.1) is 6.04 Å². The van der Waals surface area contributed by atoms with Crippen molar-refractivity contribution in [3.63, 3.8) is 0 Å². The van der Waals surface area contributed by atoms with Crippen molar-refractivity contribution in [2.75, 3.05) is 18.8 Å². The molecule has 3 heterocycles. The van der Waals surface area contributed by atoms with Crippen LogP contribution >= 0.6 is 11.8 Å². The molecule has 1 N–H and O–H groups in total. The molecule has 0 bridgehead atoms. The topological polar surface area (TPSA) is 80.1 Å². The lowest BCUT2D eigenvalue weighted by atomic mass is 10.2. The van der Waals surface area contributed by atoms with Gasteiger partial charge in [0.2, 0.25) is 5.91 Å². The summed E-state index contributed by atoms with van der Waals surface area (Å²) in [5, 5.41) is 11.4. The highest BCUT2D eigenvalue weighted by molar-refractivity contribution is 8.13. The van der Waals surface area contributed by atoms with Gasteiger partial charge in [-0.1, -0.05) is 18.2 Å². The second-order valence-corrected chi connectivity index (χ2v) is 6.81. The van der Waals surface area contributed by atoms with Crippen LogP contribution in [0.5, 0.6) is 0 Å². The molecule has 0 saturated carbocycles. The number of aryl methyl sites for hydroxylation is 1. The average molecular weight is 323 g/mol. The zero-order chi connectivity index (χ0) is 15.5. The Labute approximate surface area is 133 Å². The van der Waals surface area contributed by atoms with E-state index in [4.69, 9.17) is 0 Å². The van der Waals surface area contributed by atoms with Crippen molar-refractivity contribution in [3.05, 3.63) is 11.6 Å². The molecule has 0 unspecified atom stereocenters. The van der Waals surface area contributed by atoms with Crippen LogP contribution in [0.15, 0.2) is 0 Å². The summed E-state index contributed by atoms with van der Waals surface area (Å²) in [6.45, 7) is 3.60. The third-order valence-corrected chi connectivity index (χ3v) is 4.97. The van der Waals surface area contributed by atoms with Crippen molar-refractivity contribution >= 4 is 22.9 Å². The maximum Gasteiger partial charge on any atom is 0.282 e. The molecule has 7 nitrogen and oxygen atoms in total. The van der Waals surface area contributed by atoms with Gasteiger partial charge in [0.1, 0.15) is 12.4 Å². The molecule has 0 spiro atoms. The number of amides is 2. The molecule has 0 aliphatic carbocycles. The molecule has 2 aliphatic rings. The van der Waals surface area contributed by atoms with Crippen LogP contribution in [0.2, 0.25) is 0 Å². The van der Waals surface area contributed by atoms with Gasteiger partial charge in [-0.3, -0.25) is 9.59 Å². The van der Waals surface area contributed by atoms with Gasteiger partial charge in [-0.15, -0.1) is 10.2 Å². The Hall–Kier alpha value is -1.57. The van der Waals surface area contributed by atoms with E-state index in [0.717, 1.165) is 43.2 Å². The number of fused-ring (bicyclic) bond motifs is 1. The zero-order valence-electron chi connectivity index (χ0n) is 12.7. The number of rotatable bonds is 4. The van der Waals surface area contributed by atoms with E-state index in [2.05, 4.69) is 20.1 Å². The number of nitrogens with zero attached hydrogens (tertiary/aromatic N) is 4. The molecule has 120 valence electrons. The van der Waals surface area contributed by atoms with Gasteiger partial charge < -0.3 is 14.8 Å². The van der Waals surface area contributed by atoms with Gasteiger partial charge in [-0.2, -0.15) is 0 Å². The molecule has 2 aliphatic heterocycles. The Morgan fingerprint density at radius 3 is 2.95 bits per heavy atom. The Morgan fingerprint density at radius 1 is 1.32 bits per heavy atom. The largest absolute Gasteiger partial charge is 0.345 e. The Kier molecular flexibility index (Phi) is 4.66. The third-order valence-electron chi connectivity index (χ3n) is 4.08. The fraction of sp³-hybridized carbons (Fsp3) is 0.714. The number of hydrogen-bond donors (Lipinski definition) is 1. The first kappa shape index (κ1) is 15.3. The van der Waals surface area contributed by atoms with Gasteiger partial charge in [-0.25, -0.2) is 0 Å². The van der Waals surface area contributed by atoms with Gasteiger partial charge in [0.25, 0.3) is 5.24 Å². The number of carbonyl (C=O) groups is 2. The van der Waals surface area contributed by atoms with E-state index in [0.29, 0.717) is 6.54 Å². The summed E-state index contributed by atoms with van der Waals surface area (Å²) < 4.78 is 2.13. The Morgan fingerprint density at radius 2 is 2.18 bits per heavy atom. The second kappa shape index (κ2) is 6.68. The van der Waals surface area contributed by atoms with Crippen LogP contribution in [0.4, 0.5) is 4.79 Å². The smallest absolute Gasteiger partial charge is 0.282 e. The third kappa shape index (κ3) is 3.26. The van der Waals surface area contributed by atoms with E-state index >= 15 is 0 Å². The fourth-order valence-electron chi connectivity index (χ4n) is 2.92. The predicted molar refractivity (Wildman–Crippen MR) is 83.6 cm³/mol. The maximum atomic E-state index is 12.1. The van der Waals surface area contributed by atoms with E-state index in [1.165, 1.54) is 18.2 Å².